The number of esters is 1. The number of ether oxygens (including phenoxy) is 1. The molecule has 0 saturated carbocycles. The Kier molecular flexibility index (Phi) is 29.7. The molecule has 0 unspecified atom stereocenters. The number of hydrogen-bond acceptors (Lipinski definition) is 6. The number of methoxy groups -OCH3 is 1. The third-order valence-corrected chi connectivity index (χ3v) is 0.909. The van der Waals surface area contributed by atoms with E-state index in [-0.39, 0.29) is 23.4 Å². The van der Waals surface area contributed by atoms with Gasteiger partial charge < -0.3 is 9.53 Å². The number of ketones is 2. The van der Waals surface area contributed by atoms with Gasteiger partial charge in [0.1, 0.15) is 5.78 Å². The average Bonchev–Trinajstić information content (AvgIpc) is 2.29. The van der Waals surface area contributed by atoms with Gasteiger partial charge in [-0.2, -0.15) is 0 Å². The van der Waals surface area contributed by atoms with Crippen molar-refractivity contribution < 1.29 is 23.9 Å². The summed E-state index contributed by atoms with van der Waals surface area (Å²) in [6.07, 6.45) is 2.75. The summed E-state index contributed by atoms with van der Waals surface area (Å²) in [4.78, 5) is 45.6. The predicted molar refractivity (Wildman–Crippen MR) is 84.0 cm³/mol. The molecule has 122 valence electrons. The third kappa shape index (κ3) is 132. The summed E-state index contributed by atoms with van der Waals surface area (Å²) in [5.74, 6) is -0.222. The summed E-state index contributed by atoms with van der Waals surface area (Å²) in [7, 11) is 2.92. The van der Waals surface area contributed by atoms with Gasteiger partial charge in [0, 0.05) is 34.0 Å². The zero-order valence-electron chi connectivity index (χ0n) is 14.1. The van der Waals surface area contributed by atoms with Crippen molar-refractivity contribution in [2.45, 2.75) is 41.5 Å². The van der Waals surface area contributed by atoms with Crippen molar-refractivity contribution >= 4 is 35.9 Å². The first-order valence-corrected chi connectivity index (χ1v) is 5.98. The lowest BCUT2D eigenvalue weighted by Crippen LogP contribution is -1.88. The number of nitrogens with zero attached hydrogens (tertiary/aromatic N) is 2. The molecule has 21 heavy (non-hydrogen) atoms. The van der Waals surface area contributed by atoms with E-state index in [0.717, 1.165) is 0 Å². The fourth-order valence-corrected chi connectivity index (χ4v) is 0.364. The van der Waals surface area contributed by atoms with E-state index in [1.807, 2.05) is 0 Å². The van der Waals surface area contributed by atoms with Crippen molar-refractivity contribution in [1.82, 2.24) is 0 Å². The van der Waals surface area contributed by atoms with E-state index in [1.165, 1.54) is 54.2 Å². The first kappa shape index (κ1) is 27.2. The lowest BCUT2D eigenvalue weighted by molar-refractivity contribution is -0.138. The van der Waals surface area contributed by atoms with Crippen LogP contribution in [0.3, 0.4) is 0 Å². The van der Waals surface area contributed by atoms with Crippen LogP contribution in [0.5, 0.6) is 0 Å². The lowest BCUT2D eigenvalue weighted by atomic mass is 10.5. The summed E-state index contributed by atoms with van der Waals surface area (Å²) in [6, 6.07) is 0. The molecule has 0 N–H and O–H groups in total. The van der Waals surface area contributed by atoms with Crippen LogP contribution < -0.4 is 0 Å². The number of hydrogen-bond donors (Lipinski definition) is 0. The summed E-state index contributed by atoms with van der Waals surface area (Å²) in [6.45, 7) is 9.01. The lowest BCUT2D eigenvalue weighted by Gasteiger charge is -1.80. The molecule has 0 bridgehead atoms. The van der Waals surface area contributed by atoms with E-state index in [9.17, 15) is 19.2 Å². The Morgan fingerprint density at radius 2 is 1.29 bits per heavy atom. The minimum Gasteiger partial charge on any atom is -0.469 e. The van der Waals surface area contributed by atoms with Gasteiger partial charge in [-0.3, -0.25) is 19.4 Å². The number of Topliss-reactive ketones (excluding diaryl/α,β-unsaturated/α-hetero) is 2. The topological polar surface area (TPSA) is 102 Å². The quantitative estimate of drug-likeness (QED) is 0.541. The van der Waals surface area contributed by atoms with E-state index < -0.39 is 0 Å². The molecule has 7 nitrogen and oxygen atoms in total. The Bertz CT molecular complexity index is 334. The fraction of sp³-hybridized carbons (Fsp3) is 0.571. The summed E-state index contributed by atoms with van der Waals surface area (Å²) in [5.41, 5.74) is 0. The highest BCUT2D eigenvalue weighted by Crippen LogP contribution is 1.64. The predicted octanol–water partition coefficient (Wildman–Crippen LogP) is 1.67. The molecule has 0 saturated heterocycles. The van der Waals surface area contributed by atoms with Gasteiger partial charge in [0.2, 0.25) is 5.91 Å². The maximum absolute atomic E-state index is 9.89. The Balaban J connectivity index is -0.0000000929. The molecule has 0 spiro atoms. The number of rotatable bonds is 1. The first-order valence-electron chi connectivity index (χ1n) is 5.98. The molecule has 0 rings (SSSR count). The van der Waals surface area contributed by atoms with Gasteiger partial charge in [-0.15, -0.1) is 0 Å². The number of amides is 1. The van der Waals surface area contributed by atoms with Crippen LogP contribution in [-0.2, 0) is 23.9 Å². The maximum atomic E-state index is 9.89. The molecule has 0 aliphatic carbocycles. The summed E-state index contributed by atoms with van der Waals surface area (Å²) >= 11 is 0. The second kappa shape index (κ2) is 23.0. The fourth-order valence-electron chi connectivity index (χ4n) is 0.364. The second-order valence-electron chi connectivity index (χ2n) is 3.51. The molecule has 1 amide bonds. The van der Waals surface area contributed by atoms with E-state index in [2.05, 4.69) is 14.7 Å². The molecule has 0 fully saturated rings. The van der Waals surface area contributed by atoms with Crippen LogP contribution in [0.15, 0.2) is 9.98 Å². The van der Waals surface area contributed by atoms with Gasteiger partial charge >= 0.3 is 5.97 Å². The van der Waals surface area contributed by atoms with Crippen LogP contribution in [0.1, 0.15) is 41.5 Å². The molecule has 0 aromatic rings. The minimum absolute atomic E-state index is 0.00231. The zero-order chi connectivity index (χ0) is 17.8. The largest absolute Gasteiger partial charge is 0.469 e. The molecule has 0 atom stereocenters. The van der Waals surface area contributed by atoms with Crippen LogP contribution in [0.25, 0.3) is 0 Å². The number of carbonyl (C=O) groups excluding carboxylic acids is 4. The average molecular weight is 302 g/mol. The van der Waals surface area contributed by atoms with Crippen LogP contribution in [0, 0.1) is 0 Å². The molecule has 0 aromatic carbocycles. The SMILES string of the molecule is CC(C)=O.CC=NC(C)=O.CN=CC(C)=O.COC(C)=O. The summed E-state index contributed by atoms with van der Waals surface area (Å²) < 4.78 is 4.11. The number of carbonyl (C=O) groups is 4. The Labute approximate surface area is 126 Å². The molecule has 0 aliphatic rings. The van der Waals surface area contributed by atoms with Crippen molar-refractivity contribution in [3.63, 3.8) is 0 Å². The third-order valence-electron chi connectivity index (χ3n) is 0.909. The van der Waals surface area contributed by atoms with Gasteiger partial charge in [-0.05, 0) is 20.8 Å². The van der Waals surface area contributed by atoms with Crippen LogP contribution in [-0.4, -0.2) is 50.0 Å². The van der Waals surface area contributed by atoms with Gasteiger partial charge in [0.05, 0.1) is 13.3 Å². The monoisotopic (exact) mass is 302 g/mol. The van der Waals surface area contributed by atoms with Gasteiger partial charge in [-0.25, -0.2) is 4.99 Å². The van der Waals surface area contributed by atoms with Crippen LogP contribution in [0.4, 0.5) is 0 Å². The summed E-state index contributed by atoms with van der Waals surface area (Å²) in [5, 5.41) is 0. The van der Waals surface area contributed by atoms with Crippen molar-refractivity contribution in [3.05, 3.63) is 0 Å². The molecule has 0 aliphatic heterocycles. The highest BCUT2D eigenvalue weighted by Gasteiger charge is 1.76. The molecule has 0 radical (unpaired) electrons. The second-order valence-corrected chi connectivity index (χ2v) is 3.51. The smallest absolute Gasteiger partial charge is 0.302 e. The Morgan fingerprint density at radius 1 is 0.952 bits per heavy atom. The Morgan fingerprint density at radius 3 is 1.29 bits per heavy atom. The van der Waals surface area contributed by atoms with Crippen molar-refractivity contribution in [1.29, 1.82) is 0 Å². The molecule has 7 heteroatoms. The first-order chi connectivity index (χ1) is 9.54. The minimum atomic E-state index is -0.245. The standard InChI is InChI=1S/2C4H7NO.C3H6O2.C3H6O/c1-4(6)3-5-2;1-3-5-4(2)6;1-3(4)5-2;1-3(2)4/h2*3H,1-2H3;1-2H3;1-2H3. The van der Waals surface area contributed by atoms with Crippen LogP contribution >= 0.6 is 0 Å². The molecular formula is C14H26N2O5. The highest BCUT2D eigenvalue weighted by atomic mass is 16.5. The van der Waals surface area contributed by atoms with Gasteiger partial charge in [-0.1, -0.05) is 0 Å². The normalized spacial score (nSPS) is 8.38. The van der Waals surface area contributed by atoms with Crippen molar-refractivity contribution in [2.24, 2.45) is 9.98 Å². The Hall–Kier alpha value is -2.18. The highest BCUT2D eigenvalue weighted by molar-refractivity contribution is 6.26. The molecule has 0 aromatic heterocycles. The van der Waals surface area contributed by atoms with E-state index in [4.69, 9.17) is 0 Å². The molecular weight excluding hydrogens is 276 g/mol. The van der Waals surface area contributed by atoms with Crippen LogP contribution in [0.2, 0.25) is 0 Å². The van der Waals surface area contributed by atoms with E-state index >= 15 is 0 Å². The molecule has 0 heterocycles. The van der Waals surface area contributed by atoms with E-state index in [1.54, 1.807) is 14.0 Å². The van der Waals surface area contributed by atoms with Gasteiger partial charge in [0.15, 0.2) is 5.78 Å². The number of aliphatic imine (C=N–C) groups is 2. The van der Waals surface area contributed by atoms with Gasteiger partial charge in [0.25, 0.3) is 0 Å². The van der Waals surface area contributed by atoms with E-state index in [0.29, 0.717) is 0 Å². The van der Waals surface area contributed by atoms with Crippen molar-refractivity contribution in [2.75, 3.05) is 14.2 Å². The van der Waals surface area contributed by atoms with Crippen molar-refractivity contribution in [3.8, 4) is 0 Å². The maximum Gasteiger partial charge on any atom is 0.302 e. The zero-order valence-corrected chi connectivity index (χ0v) is 14.1.